The molecule has 0 aromatic rings. The third kappa shape index (κ3) is 4.73. The second-order valence-electron chi connectivity index (χ2n) is 4.46. The summed E-state index contributed by atoms with van der Waals surface area (Å²) in [4.78, 5) is 2.37. The van der Waals surface area contributed by atoms with Crippen LogP contribution in [0.3, 0.4) is 0 Å². The molecule has 0 atom stereocenters. The molecule has 74 valence electrons. The zero-order valence-corrected chi connectivity index (χ0v) is 9.44. The van der Waals surface area contributed by atoms with Crippen LogP contribution in [0.5, 0.6) is 0 Å². The first-order chi connectivity index (χ1) is 5.39. The standard InChI is InChI=1S/C10H24N2/c1-9(2)12(6)8-7-10(3,4)11-5/h9,11H,7-8H2,1-6H3. The largest absolute Gasteiger partial charge is 0.315 e. The fourth-order valence-corrected chi connectivity index (χ4v) is 0.839. The van der Waals surface area contributed by atoms with Crippen LogP contribution in [-0.4, -0.2) is 37.1 Å². The number of nitrogens with one attached hydrogen (secondary N) is 1. The minimum absolute atomic E-state index is 0.267. The maximum atomic E-state index is 3.31. The molecule has 0 heterocycles. The summed E-state index contributed by atoms with van der Waals surface area (Å²) in [6.45, 7) is 10.1. The zero-order chi connectivity index (χ0) is 9.78. The molecular formula is C10H24N2. The van der Waals surface area contributed by atoms with Crippen LogP contribution >= 0.6 is 0 Å². The molecule has 0 aromatic carbocycles. The Labute approximate surface area is 77.3 Å². The SMILES string of the molecule is CNC(C)(C)CCN(C)C(C)C. The fraction of sp³-hybridized carbons (Fsp3) is 1.00. The van der Waals surface area contributed by atoms with Gasteiger partial charge in [0.25, 0.3) is 0 Å². The summed E-state index contributed by atoms with van der Waals surface area (Å²) in [5.41, 5.74) is 0.267. The quantitative estimate of drug-likeness (QED) is 0.679. The summed E-state index contributed by atoms with van der Waals surface area (Å²) in [6.07, 6.45) is 1.19. The summed E-state index contributed by atoms with van der Waals surface area (Å²) in [7, 11) is 4.20. The highest BCUT2D eigenvalue weighted by Crippen LogP contribution is 2.08. The van der Waals surface area contributed by atoms with Gasteiger partial charge in [-0.3, -0.25) is 0 Å². The van der Waals surface area contributed by atoms with E-state index in [1.807, 2.05) is 7.05 Å². The van der Waals surface area contributed by atoms with Crippen molar-refractivity contribution in [3.05, 3.63) is 0 Å². The Kier molecular flexibility index (Phi) is 4.80. The van der Waals surface area contributed by atoms with Gasteiger partial charge in [-0.25, -0.2) is 0 Å². The van der Waals surface area contributed by atoms with Crippen molar-refractivity contribution in [1.29, 1.82) is 0 Å². The molecule has 0 saturated heterocycles. The molecular weight excluding hydrogens is 148 g/mol. The van der Waals surface area contributed by atoms with Crippen LogP contribution in [0.25, 0.3) is 0 Å². The topological polar surface area (TPSA) is 15.3 Å². The Balaban J connectivity index is 3.67. The van der Waals surface area contributed by atoms with E-state index in [2.05, 4.69) is 45.0 Å². The molecule has 0 aromatic heterocycles. The second kappa shape index (κ2) is 4.83. The monoisotopic (exact) mass is 172 g/mol. The molecule has 0 saturated carbocycles. The predicted molar refractivity (Wildman–Crippen MR) is 55.5 cm³/mol. The number of nitrogens with zero attached hydrogens (tertiary/aromatic N) is 1. The van der Waals surface area contributed by atoms with Gasteiger partial charge in [-0.1, -0.05) is 0 Å². The number of hydrogen-bond donors (Lipinski definition) is 1. The van der Waals surface area contributed by atoms with Crippen LogP contribution in [-0.2, 0) is 0 Å². The minimum Gasteiger partial charge on any atom is -0.315 e. The van der Waals surface area contributed by atoms with E-state index < -0.39 is 0 Å². The van der Waals surface area contributed by atoms with Crippen molar-refractivity contribution in [1.82, 2.24) is 10.2 Å². The summed E-state index contributed by atoms with van der Waals surface area (Å²) < 4.78 is 0. The van der Waals surface area contributed by atoms with E-state index in [0.717, 1.165) is 6.54 Å². The predicted octanol–water partition coefficient (Wildman–Crippen LogP) is 1.71. The van der Waals surface area contributed by atoms with Crippen molar-refractivity contribution >= 4 is 0 Å². The highest BCUT2D eigenvalue weighted by Gasteiger charge is 2.15. The summed E-state index contributed by atoms with van der Waals surface area (Å²) in [5.74, 6) is 0. The van der Waals surface area contributed by atoms with Crippen LogP contribution in [0.4, 0.5) is 0 Å². The average molecular weight is 172 g/mol. The smallest absolute Gasteiger partial charge is 0.0134 e. The second-order valence-corrected chi connectivity index (χ2v) is 4.46. The van der Waals surface area contributed by atoms with Gasteiger partial charge in [-0.05, 0) is 54.8 Å². The molecule has 0 bridgehead atoms. The van der Waals surface area contributed by atoms with Crippen molar-refractivity contribution < 1.29 is 0 Å². The lowest BCUT2D eigenvalue weighted by atomic mass is 10.0. The van der Waals surface area contributed by atoms with Gasteiger partial charge in [-0.2, -0.15) is 0 Å². The third-order valence-corrected chi connectivity index (χ3v) is 2.65. The highest BCUT2D eigenvalue weighted by molar-refractivity contribution is 4.76. The van der Waals surface area contributed by atoms with Crippen LogP contribution in [0, 0.1) is 0 Å². The normalized spacial score (nSPS) is 13.0. The van der Waals surface area contributed by atoms with E-state index in [1.54, 1.807) is 0 Å². The fourth-order valence-electron chi connectivity index (χ4n) is 0.839. The third-order valence-electron chi connectivity index (χ3n) is 2.65. The molecule has 0 spiro atoms. The van der Waals surface area contributed by atoms with Gasteiger partial charge in [-0.15, -0.1) is 0 Å². The molecule has 0 aliphatic heterocycles. The first-order valence-corrected chi connectivity index (χ1v) is 4.78. The maximum absolute atomic E-state index is 3.31. The molecule has 0 aliphatic rings. The molecule has 0 unspecified atom stereocenters. The Bertz CT molecular complexity index is 119. The van der Waals surface area contributed by atoms with Crippen LogP contribution < -0.4 is 5.32 Å². The Hall–Kier alpha value is -0.0800. The van der Waals surface area contributed by atoms with Gasteiger partial charge in [0.1, 0.15) is 0 Å². The minimum atomic E-state index is 0.267. The summed E-state index contributed by atoms with van der Waals surface area (Å²) >= 11 is 0. The van der Waals surface area contributed by atoms with Crippen molar-refractivity contribution in [2.24, 2.45) is 0 Å². The molecule has 1 N–H and O–H groups in total. The molecule has 0 radical (unpaired) electrons. The van der Waals surface area contributed by atoms with Gasteiger partial charge in [0.15, 0.2) is 0 Å². The van der Waals surface area contributed by atoms with Crippen LogP contribution in [0.2, 0.25) is 0 Å². The number of rotatable bonds is 5. The van der Waals surface area contributed by atoms with E-state index in [4.69, 9.17) is 0 Å². The molecule has 0 rings (SSSR count). The molecule has 0 aliphatic carbocycles. The Morgan fingerprint density at radius 1 is 1.33 bits per heavy atom. The molecule has 12 heavy (non-hydrogen) atoms. The van der Waals surface area contributed by atoms with E-state index in [0.29, 0.717) is 6.04 Å². The van der Waals surface area contributed by atoms with Crippen LogP contribution in [0.1, 0.15) is 34.1 Å². The summed E-state index contributed by atoms with van der Waals surface area (Å²) in [6, 6.07) is 0.651. The van der Waals surface area contributed by atoms with Gasteiger partial charge in [0.05, 0.1) is 0 Å². The van der Waals surface area contributed by atoms with Crippen molar-refractivity contribution in [3.8, 4) is 0 Å². The van der Waals surface area contributed by atoms with E-state index >= 15 is 0 Å². The lowest BCUT2D eigenvalue weighted by molar-refractivity contribution is 0.237. The highest BCUT2D eigenvalue weighted by atomic mass is 15.1. The first kappa shape index (κ1) is 11.9. The van der Waals surface area contributed by atoms with Crippen molar-refractivity contribution in [2.75, 3.05) is 20.6 Å². The molecule has 0 fully saturated rings. The number of hydrogen-bond acceptors (Lipinski definition) is 2. The van der Waals surface area contributed by atoms with Gasteiger partial charge in [0.2, 0.25) is 0 Å². The van der Waals surface area contributed by atoms with Crippen molar-refractivity contribution in [3.63, 3.8) is 0 Å². The first-order valence-electron chi connectivity index (χ1n) is 4.78. The Morgan fingerprint density at radius 3 is 2.17 bits per heavy atom. The maximum Gasteiger partial charge on any atom is 0.0134 e. The van der Waals surface area contributed by atoms with E-state index in [9.17, 15) is 0 Å². The van der Waals surface area contributed by atoms with Gasteiger partial charge in [0, 0.05) is 11.6 Å². The Morgan fingerprint density at radius 2 is 1.83 bits per heavy atom. The van der Waals surface area contributed by atoms with E-state index in [-0.39, 0.29) is 5.54 Å². The van der Waals surface area contributed by atoms with Crippen LogP contribution in [0.15, 0.2) is 0 Å². The lowest BCUT2D eigenvalue weighted by Gasteiger charge is -2.28. The van der Waals surface area contributed by atoms with E-state index in [1.165, 1.54) is 6.42 Å². The van der Waals surface area contributed by atoms with Gasteiger partial charge < -0.3 is 10.2 Å². The average Bonchev–Trinajstić information content (AvgIpc) is 2.00. The molecule has 0 amide bonds. The van der Waals surface area contributed by atoms with Crippen molar-refractivity contribution in [2.45, 2.75) is 45.7 Å². The molecule has 2 heteroatoms. The summed E-state index contributed by atoms with van der Waals surface area (Å²) in [5, 5.41) is 3.31. The van der Waals surface area contributed by atoms with Gasteiger partial charge >= 0.3 is 0 Å². The lowest BCUT2D eigenvalue weighted by Crippen LogP contribution is -2.40. The zero-order valence-electron chi connectivity index (χ0n) is 9.44. The molecule has 2 nitrogen and oxygen atoms in total.